The molecule has 2 N–H and O–H groups in total. The van der Waals surface area contributed by atoms with Gasteiger partial charge < -0.3 is 10.1 Å². The Bertz CT molecular complexity index is 1160. The molecule has 0 saturated carbocycles. The number of benzene rings is 1. The molecule has 0 amide bonds. The summed E-state index contributed by atoms with van der Waals surface area (Å²) in [5.41, 5.74) is 4.56. The normalized spacial score (nSPS) is 11.1. The van der Waals surface area contributed by atoms with Gasteiger partial charge in [-0.1, -0.05) is 11.6 Å². The Balaban J connectivity index is 1.49. The Morgan fingerprint density at radius 3 is 2.79 bits per heavy atom. The third kappa shape index (κ3) is 4.57. The molecule has 4 rings (SSSR count). The van der Waals surface area contributed by atoms with Crippen molar-refractivity contribution in [2.75, 3.05) is 0 Å². The van der Waals surface area contributed by atoms with Crippen LogP contribution in [0.3, 0.4) is 0 Å². The van der Waals surface area contributed by atoms with Crippen LogP contribution in [-0.2, 0) is 19.4 Å². The number of aryl methyl sites for hydroxylation is 4. The number of rotatable bonds is 7. The summed E-state index contributed by atoms with van der Waals surface area (Å²) >= 11 is 1.54. The van der Waals surface area contributed by atoms with Gasteiger partial charge in [0, 0.05) is 23.6 Å². The summed E-state index contributed by atoms with van der Waals surface area (Å²) in [6.07, 6.45) is 4.53. The van der Waals surface area contributed by atoms with E-state index in [9.17, 15) is 4.79 Å². The van der Waals surface area contributed by atoms with Crippen molar-refractivity contribution in [2.45, 2.75) is 33.2 Å². The van der Waals surface area contributed by atoms with E-state index in [0.29, 0.717) is 6.54 Å². The number of carboxylic acids is 1. The Labute approximate surface area is 171 Å². The molecule has 0 saturated heterocycles. The molecule has 1 aromatic carbocycles. The Kier molecular flexibility index (Phi) is 5.22. The van der Waals surface area contributed by atoms with E-state index in [4.69, 9.17) is 10.1 Å². The standard InChI is InChI=1S/C20H20N6O2S/c1-12-5-14(3-4-18-22-13(2)24-25-18)7-15(6-12)17-11-29-19(23-17)10-26-9-16(8-21-26)20(27)28/h5-9,11H,3-4,10H2,1-2H3,(H,27,28)(H,22,24,25). The van der Waals surface area contributed by atoms with Gasteiger partial charge in [-0.2, -0.15) is 5.10 Å². The van der Waals surface area contributed by atoms with Gasteiger partial charge in [0.1, 0.15) is 16.7 Å². The number of H-pyrrole nitrogens is 1. The number of nitrogens with one attached hydrogen (secondary N) is 1. The SMILES string of the molecule is Cc1cc(CCc2nnc(C)[nH]2)cc(-c2csc(Cn3cc(C(=O)O)cn3)n2)c1. The number of hydrogen-bond donors (Lipinski definition) is 2. The van der Waals surface area contributed by atoms with Crippen molar-refractivity contribution >= 4 is 17.3 Å². The summed E-state index contributed by atoms with van der Waals surface area (Å²) in [6.45, 7) is 4.42. The van der Waals surface area contributed by atoms with Gasteiger partial charge >= 0.3 is 5.97 Å². The summed E-state index contributed by atoms with van der Waals surface area (Å²) in [5.74, 6) is 0.734. The summed E-state index contributed by atoms with van der Waals surface area (Å²) in [6, 6.07) is 6.46. The first-order valence-electron chi connectivity index (χ1n) is 9.15. The van der Waals surface area contributed by atoms with Gasteiger partial charge in [-0.15, -0.1) is 21.5 Å². The lowest BCUT2D eigenvalue weighted by Gasteiger charge is -2.06. The highest BCUT2D eigenvalue weighted by atomic mass is 32.1. The minimum absolute atomic E-state index is 0.173. The number of nitrogens with zero attached hydrogens (tertiary/aromatic N) is 5. The van der Waals surface area contributed by atoms with E-state index in [2.05, 4.69) is 45.4 Å². The fourth-order valence-electron chi connectivity index (χ4n) is 3.14. The van der Waals surface area contributed by atoms with Gasteiger partial charge in [-0.05, 0) is 38.0 Å². The van der Waals surface area contributed by atoms with Crippen LogP contribution in [0, 0.1) is 13.8 Å². The van der Waals surface area contributed by atoms with E-state index in [1.807, 2.05) is 12.3 Å². The molecule has 29 heavy (non-hydrogen) atoms. The van der Waals surface area contributed by atoms with Gasteiger partial charge in [-0.25, -0.2) is 9.78 Å². The highest BCUT2D eigenvalue weighted by molar-refractivity contribution is 7.09. The van der Waals surface area contributed by atoms with Crippen molar-refractivity contribution in [3.05, 3.63) is 69.3 Å². The first-order valence-corrected chi connectivity index (χ1v) is 10.0. The molecule has 0 unspecified atom stereocenters. The first-order chi connectivity index (χ1) is 14.0. The number of aromatic carboxylic acids is 1. The molecule has 9 heteroatoms. The van der Waals surface area contributed by atoms with Gasteiger partial charge in [0.15, 0.2) is 0 Å². The first kappa shape index (κ1) is 19.0. The van der Waals surface area contributed by atoms with Crippen molar-refractivity contribution < 1.29 is 9.90 Å². The van der Waals surface area contributed by atoms with E-state index in [0.717, 1.165) is 40.8 Å². The van der Waals surface area contributed by atoms with Crippen LogP contribution in [0.25, 0.3) is 11.3 Å². The quantitative estimate of drug-likeness (QED) is 0.486. The average molecular weight is 408 g/mol. The van der Waals surface area contributed by atoms with E-state index < -0.39 is 5.97 Å². The smallest absolute Gasteiger partial charge is 0.338 e. The molecule has 0 aliphatic rings. The maximum atomic E-state index is 11.0. The Morgan fingerprint density at radius 1 is 1.21 bits per heavy atom. The molecule has 0 bridgehead atoms. The molecule has 0 radical (unpaired) electrons. The molecule has 0 atom stereocenters. The van der Waals surface area contributed by atoms with Gasteiger partial charge in [0.25, 0.3) is 0 Å². The van der Waals surface area contributed by atoms with Crippen molar-refractivity contribution in [3.8, 4) is 11.3 Å². The second kappa shape index (κ2) is 7.96. The topological polar surface area (TPSA) is 110 Å². The monoisotopic (exact) mass is 408 g/mol. The third-order valence-corrected chi connectivity index (χ3v) is 5.29. The Hall–Kier alpha value is -3.33. The van der Waals surface area contributed by atoms with E-state index in [1.165, 1.54) is 34.9 Å². The second-order valence-corrected chi connectivity index (χ2v) is 7.87. The van der Waals surface area contributed by atoms with Crippen molar-refractivity contribution in [1.82, 2.24) is 29.9 Å². The van der Waals surface area contributed by atoms with Crippen molar-refractivity contribution in [1.29, 1.82) is 0 Å². The number of aromatic nitrogens is 6. The molecule has 0 fully saturated rings. The predicted octanol–water partition coefficient (Wildman–Crippen LogP) is 3.27. The maximum absolute atomic E-state index is 11.0. The van der Waals surface area contributed by atoms with E-state index >= 15 is 0 Å². The van der Waals surface area contributed by atoms with Crippen LogP contribution in [0.1, 0.15) is 38.1 Å². The minimum Gasteiger partial charge on any atom is -0.478 e. The summed E-state index contributed by atoms with van der Waals surface area (Å²) in [4.78, 5) is 18.9. The fourth-order valence-corrected chi connectivity index (χ4v) is 3.93. The number of aromatic amines is 1. The lowest BCUT2D eigenvalue weighted by molar-refractivity contribution is 0.0696. The lowest BCUT2D eigenvalue weighted by Crippen LogP contribution is -2.00. The van der Waals surface area contributed by atoms with Crippen LogP contribution in [0.15, 0.2) is 36.0 Å². The molecule has 3 aromatic heterocycles. The zero-order valence-electron chi connectivity index (χ0n) is 16.1. The maximum Gasteiger partial charge on any atom is 0.338 e. The van der Waals surface area contributed by atoms with Crippen LogP contribution >= 0.6 is 11.3 Å². The molecule has 8 nitrogen and oxygen atoms in total. The Morgan fingerprint density at radius 2 is 2.07 bits per heavy atom. The molecule has 148 valence electrons. The lowest BCUT2D eigenvalue weighted by atomic mass is 10.0. The van der Waals surface area contributed by atoms with Gasteiger partial charge in [0.2, 0.25) is 0 Å². The summed E-state index contributed by atoms with van der Waals surface area (Å²) in [7, 11) is 0. The van der Waals surface area contributed by atoms with Crippen LogP contribution < -0.4 is 0 Å². The molecular formula is C20H20N6O2S. The summed E-state index contributed by atoms with van der Waals surface area (Å²) < 4.78 is 1.59. The second-order valence-electron chi connectivity index (χ2n) is 6.92. The summed E-state index contributed by atoms with van der Waals surface area (Å²) in [5, 5.41) is 24.1. The largest absolute Gasteiger partial charge is 0.478 e. The number of thiazole rings is 1. The van der Waals surface area contributed by atoms with Crippen molar-refractivity contribution in [2.24, 2.45) is 0 Å². The molecule has 0 aliphatic heterocycles. The third-order valence-electron chi connectivity index (χ3n) is 4.46. The molecular weight excluding hydrogens is 388 g/mol. The van der Waals surface area contributed by atoms with Gasteiger partial charge in [0.05, 0.1) is 24.0 Å². The molecule has 4 aromatic rings. The average Bonchev–Trinajstić information content (AvgIpc) is 3.41. The van der Waals surface area contributed by atoms with E-state index in [-0.39, 0.29) is 5.56 Å². The highest BCUT2D eigenvalue weighted by Crippen LogP contribution is 2.25. The fraction of sp³-hybridized carbons (Fsp3) is 0.250. The zero-order valence-corrected chi connectivity index (χ0v) is 16.9. The zero-order chi connectivity index (χ0) is 20.4. The van der Waals surface area contributed by atoms with Crippen LogP contribution in [-0.4, -0.2) is 41.0 Å². The molecule has 3 heterocycles. The van der Waals surface area contributed by atoms with Gasteiger partial charge in [-0.3, -0.25) is 4.68 Å². The number of hydrogen-bond acceptors (Lipinski definition) is 6. The van der Waals surface area contributed by atoms with Crippen LogP contribution in [0.4, 0.5) is 0 Å². The number of carboxylic acid groups (broad SMARTS) is 1. The molecule has 0 aliphatic carbocycles. The number of carbonyl (C=O) groups is 1. The minimum atomic E-state index is -0.983. The highest BCUT2D eigenvalue weighted by Gasteiger charge is 2.10. The van der Waals surface area contributed by atoms with Crippen molar-refractivity contribution in [3.63, 3.8) is 0 Å². The van der Waals surface area contributed by atoms with Crippen LogP contribution in [0.2, 0.25) is 0 Å². The van der Waals surface area contributed by atoms with Crippen LogP contribution in [0.5, 0.6) is 0 Å². The predicted molar refractivity (Wildman–Crippen MR) is 109 cm³/mol. The van der Waals surface area contributed by atoms with E-state index in [1.54, 1.807) is 4.68 Å². The molecule has 0 spiro atoms.